The Bertz CT molecular complexity index is 570. The van der Waals surface area contributed by atoms with Crippen molar-refractivity contribution in [1.29, 1.82) is 0 Å². The third kappa shape index (κ3) is 2.46. The Hall–Kier alpha value is -1.69. The smallest absolute Gasteiger partial charge is 0.252 e. The maximum Gasteiger partial charge on any atom is 0.252 e. The zero-order valence-corrected chi connectivity index (χ0v) is 9.58. The average molecular weight is 284 g/mol. The van der Waals surface area contributed by atoms with Gasteiger partial charge in [0.15, 0.2) is 0 Å². The number of anilines is 2. The minimum Gasteiger partial charge on any atom is -0.326 e. The van der Waals surface area contributed by atoms with Crippen LogP contribution in [0.2, 0.25) is 0 Å². The van der Waals surface area contributed by atoms with Gasteiger partial charge in [0, 0.05) is 18.0 Å². The number of nitrogens with one attached hydrogen (secondary N) is 2. The molecule has 0 atom stereocenters. The van der Waals surface area contributed by atoms with Crippen LogP contribution in [0.15, 0.2) is 39.7 Å². The molecule has 0 fully saturated rings. The summed E-state index contributed by atoms with van der Waals surface area (Å²) in [5.74, 6) is -0.113. The van der Waals surface area contributed by atoms with Crippen LogP contribution < -0.4 is 10.9 Å². The van der Waals surface area contributed by atoms with Crippen molar-refractivity contribution in [2.75, 3.05) is 5.32 Å². The molecule has 2 aromatic rings. The molecule has 0 aliphatic rings. The van der Waals surface area contributed by atoms with E-state index < -0.39 is 0 Å². The molecule has 82 valence electrons. The van der Waals surface area contributed by atoms with Crippen LogP contribution in [0.3, 0.4) is 0 Å². The molecule has 16 heavy (non-hydrogen) atoms. The molecule has 2 rings (SSSR count). The van der Waals surface area contributed by atoms with E-state index in [1.54, 1.807) is 12.1 Å². The summed E-state index contributed by atoms with van der Waals surface area (Å²) in [4.78, 5) is 17.3. The average Bonchev–Trinajstić information content (AvgIpc) is 2.24. The SMILES string of the molecule is O=c1ccnc(Nc2ccc(Br)c(F)c2)[nH]1. The Kier molecular flexibility index (Phi) is 3.00. The molecule has 0 aliphatic heterocycles. The molecular formula is C10H7BrFN3O. The monoisotopic (exact) mass is 283 g/mol. The number of H-pyrrole nitrogens is 1. The molecular weight excluding hydrogens is 277 g/mol. The first kappa shape index (κ1) is 10.8. The molecule has 1 aromatic heterocycles. The van der Waals surface area contributed by atoms with Gasteiger partial charge in [-0.3, -0.25) is 9.78 Å². The Balaban J connectivity index is 2.27. The van der Waals surface area contributed by atoms with Crippen molar-refractivity contribution in [1.82, 2.24) is 9.97 Å². The van der Waals surface area contributed by atoms with Gasteiger partial charge in [0.1, 0.15) is 5.82 Å². The van der Waals surface area contributed by atoms with Crippen LogP contribution >= 0.6 is 15.9 Å². The van der Waals surface area contributed by atoms with E-state index in [1.807, 2.05) is 0 Å². The lowest BCUT2D eigenvalue weighted by molar-refractivity contribution is 0.622. The van der Waals surface area contributed by atoms with Crippen LogP contribution in [0.4, 0.5) is 16.0 Å². The van der Waals surface area contributed by atoms with Crippen molar-refractivity contribution in [3.8, 4) is 0 Å². The van der Waals surface area contributed by atoms with Crippen LogP contribution in [0.1, 0.15) is 0 Å². The van der Waals surface area contributed by atoms with Gasteiger partial charge in [0.2, 0.25) is 5.95 Å². The fourth-order valence-electron chi connectivity index (χ4n) is 1.14. The molecule has 4 nitrogen and oxygen atoms in total. The van der Waals surface area contributed by atoms with Gasteiger partial charge < -0.3 is 5.32 Å². The third-order valence-electron chi connectivity index (χ3n) is 1.85. The van der Waals surface area contributed by atoms with Crippen LogP contribution in [-0.2, 0) is 0 Å². The van der Waals surface area contributed by atoms with Crippen LogP contribution in [-0.4, -0.2) is 9.97 Å². The Morgan fingerprint density at radius 1 is 1.38 bits per heavy atom. The highest BCUT2D eigenvalue weighted by Crippen LogP contribution is 2.20. The van der Waals surface area contributed by atoms with Crippen molar-refractivity contribution in [3.05, 3.63) is 51.1 Å². The largest absolute Gasteiger partial charge is 0.326 e. The van der Waals surface area contributed by atoms with E-state index in [2.05, 4.69) is 31.2 Å². The van der Waals surface area contributed by atoms with Crippen molar-refractivity contribution in [2.24, 2.45) is 0 Å². The molecule has 0 unspecified atom stereocenters. The summed E-state index contributed by atoms with van der Waals surface area (Å²) >= 11 is 3.05. The Morgan fingerprint density at radius 2 is 2.19 bits per heavy atom. The molecule has 1 heterocycles. The summed E-state index contributed by atoms with van der Waals surface area (Å²) in [6, 6.07) is 5.84. The molecule has 0 aliphatic carbocycles. The predicted octanol–water partition coefficient (Wildman–Crippen LogP) is 2.42. The number of aromatic nitrogens is 2. The lowest BCUT2D eigenvalue weighted by Gasteiger charge is -2.05. The van der Waals surface area contributed by atoms with Crippen LogP contribution in [0, 0.1) is 5.82 Å². The second-order valence-electron chi connectivity index (χ2n) is 3.04. The minimum absolute atomic E-state index is 0.268. The van der Waals surface area contributed by atoms with Gasteiger partial charge in [-0.1, -0.05) is 0 Å². The highest BCUT2D eigenvalue weighted by Gasteiger charge is 2.01. The lowest BCUT2D eigenvalue weighted by Crippen LogP contribution is -2.08. The highest BCUT2D eigenvalue weighted by atomic mass is 79.9. The molecule has 0 saturated carbocycles. The Labute approximate surface area is 98.7 Å². The van der Waals surface area contributed by atoms with Crippen molar-refractivity contribution in [3.63, 3.8) is 0 Å². The van der Waals surface area contributed by atoms with E-state index in [0.717, 1.165) is 0 Å². The van der Waals surface area contributed by atoms with Crippen molar-refractivity contribution < 1.29 is 4.39 Å². The van der Waals surface area contributed by atoms with Gasteiger partial charge in [-0.25, -0.2) is 9.37 Å². The Morgan fingerprint density at radius 3 is 2.88 bits per heavy atom. The molecule has 0 bridgehead atoms. The standard InChI is InChI=1S/C10H7BrFN3O/c11-7-2-1-6(5-8(7)12)14-10-13-4-3-9(16)15-10/h1-5H,(H2,13,14,15,16). The molecule has 0 radical (unpaired) electrons. The predicted molar refractivity (Wildman–Crippen MR) is 62.2 cm³/mol. The molecule has 0 spiro atoms. The fraction of sp³-hybridized carbons (Fsp3) is 0. The normalized spacial score (nSPS) is 10.1. The number of hydrogen-bond donors (Lipinski definition) is 2. The summed E-state index contributed by atoms with van der Waals surface area (Å²) in [7, 11) is 0. The number of halogens is 2. The van der Waals surface area contributed by atoms with E-state index >= 15 is 0 Å². The maximum absolute atomic E-state index is 13.2. The quantitative estimate of drug-likeness (QED) is 0.890. The van der Waals surface area contributed by atoms with Gasteiger partial charge in [-0.15, -0.1) is 0 Å². The highest BCUT2D eigenvalue weighted by molar-refractivity contribution is 9.10. The summed E-state index contributed by atoms with van der Waals surface area (Å²) < 4.78 is 13.6. The zero-order chi connectivity index (χ0) is 11.5. The summed E-state index contributed by atoms with van der Waals surface area (Å²) in [5.41, 5.74) is 0.241. The van der Waals surface area contributed by atoms with Gasteiger partial charge in [0.05, 0.1) is 4.47 Å². The summed E-state index contributed by atoms with van der Waals surface area (Å²) in [6.07, 6.45) is 1.37. The van der Waals surface area contributed by atoms with E-state index in [9.17, 15) is 9.18 Å². The summed E-state index contributed by atoms with van der Waals surface area (Å²) in [5, 5.41) is 2.79. The number of aromatic amines is 1. The zero-order valence-electron chi connectivity index (χ0n) is 8.00. The fourth-order valence-corrected chi connectivity index (χ4v) is 1.39. The topological polar surface area (TPSA) is 57.8 Å². The number of benzene rings is 1. The van der Waals surface area contributed by atoms with Crippen LogP contribution in [0.25, 0.3) is 0 Å². The third-order valence-corrected chi connectivity index (χ3v) is 2.50. The lowest BCUT2D eigenvalue weighted by atomic mass is 10.3. The van der Waals surface area contributed by atoms with Gasteiger partial charge in [0.25, 0.3) is 5.56 Å². The number of hydrogen-bond acceptors (Lipinski definition) is 3. The van der Waals surface area contributed by atoms with Gasteiger partial charge >= 0.3 is 0 Å². The number of nitrogens with zero attached hydrogens (tertiary/aromatic N) is 1. The van der Waals surface area contributed by atoms with Gasteiger partial charge in [-0.2, -0.15) is 0 Å². The molecule has 2 N–H and O–H groups in total. The van der Waals surface area contributed by atoms with E-state index in [4.69, 9.17) is 0 Å². The number of rotatable bonds is 2. The molecule has 6 heteroatoms. The van der Waals surface area contributed by atoms with E-state index in [0.29, 0.717) is 10.2 Å². The molecule has 0 amide bonds. The molecule has 1 aromatic carbocycles. The van der Waals surface area contributed by atoms with E-state index in [-0.39, 0.29) is 17.3 Å². The molecule has 0 saturated heterocycles. The van der Waals surface area contributed by atoms with E-state index in [1.165, 1.54) is 18.3 Å². The van der Waals surface area contributed by atoms with Crippen LogP contribution in [0.5, 0.6) is 0 Å². The minimum atomic E-state index is -0.386. The first-order valence-corrected chi connectivity index (χ1v) is 5.22. The van der Waals surface area contributed by atoms with Crippen molar-refractivity contribution in [2.45, 2.75) is 0 Å². The van der Waals surface area contributed by atoms with Crippen molar-refractivity contribution >= 4 is 27.6 Å². The summed E-state index contributed by atoms with van der Waals surface area (Å²) in [6.45, 7) is 0. The second-order valence-corrected chi connectivity index (χ2v) is 3.89. The second kappa shape index (κ2) is 4.44. The first-order chi connectivity index (χ1) is 7.65. The first-order valence-electron chi connectivity index (χ1n) is 4.42. The van der Waals surface area contributed by atoms with Gasteiger partial charge in [-0.05, 0) is 34.1 Å². The maximum atomic E-state index is 13.2.